The number of hydrogen-bond donors (Lipinski definition) is 0. The van der Waals surface area contributed by atoms with E-state index in [0.29, 0.717) is 18.6 Å². The molecule has 80 valence electrons. The van der Waals surface area contributed by atoms with Crippen LogP contribution >= 0.6 is 0 Å². The predicted molar refractivity (Wildman–Crippen MR) is 55.9 cm³/mol. The second kappa shape index (κ2) is 6.00. The number of rotatable bonds is 5. The van der Waals surface area contributed by atoms with Crippen molar-refractivity contribution >= 4 is 0 Å². The first kappa shape index (κ1) is 11.5. The molecular weight excluding hydrogens is 176 g/mol. The van der Waals surface area contributed by atoms with Gasteiger partial charge in [-0.1, -0.05) is 6.92 Å². The van der Waals surface area contributed by atoms with Gasteiger partial charge in [-0.2, -0.15) is 5.26 Å². The molecule has 1 rings (SSSR count). The molecule has 0 radical (unpaired) electrons. The first-order valence-electron chi connectivity index (χ1n) is 5.51. The fourth-order valence-electron chi connectivity index (χ4n) is 1.89. The zero-order chi connectivity index (χ0) is 10.4. The number of ether oxygens (including phenoxy) is 1. The van der Waals surface area contributed by atoms with Gasteiger partial charge in [0, 0.05) is 19.5 Å². The summed E-state index contributed by atoms with van der Waals surface area (Å²) in [5.74, 6) is 0. The highest BCUT2D eigenvalue weighted by molar-refractivity contribution is 4.77. The summed E-state index contributed by atoms with van der Waals surface area (Å²) in [5, 5.41) is 8.51. The van der Waals surface area contributed by atoms with Crippen molar-refractivity contribution in [2.24, 2.45) is 0 Å². The summed E-state index contributed by atoms with van der Waals surface area (Å²) in [7, 11) is 0. The van der Waals surface area contributed by atoms with Crippen LogP contribution in [-0.4, -0.2) is 36.7 Å². The van der Waals surface area contributed by atoms with Crippen LogP contribution in [0.2, 0.25) is 0 Å². The SMILES string of the molecule is CCN(CCC#N)CC1CCC(C)O1. The van der Waals surface area contributed by atoms with Gasteiger partial charge >= 0.3 is 0 Å². The summed E-state index contributed by atoms with van der Waals surface area (Å²) in [5.41, 5.74) is 0. The van der Waals surface area contributed by atoms with E-state index in [-0.39, 0.29) is 0 Å². The fourth-order valence-corrected chi connectivity index (χ4v) is 1.89. The van der Waals surface area contributed by atoms with Crippen molar-refractivity contribution in [1.82, 2.24) is 4.90 Å². The zero-order valence-corrected chi connectivity index (χ0v) is 9.20. The lowest BCUT2D eigenvalue weighted by Gasteiger charge is -2.22. The Kier molecular flexibility index (Phi) is 4.92. The fraction of sp³-hybridized carbons (Fsp3) is 0.909. The molecule has 0 amide bonds. The molecule has 3 heteroatoms. The molecule has 2 unspecified atom stereocenters. The lowest BCUT2D eigenvalue weighted by atomic mass is 10.2. The van der Waals surface area contributed by atoms with Crippen molar-refractivity contribution in [3.8, 4) is 6.07 Å². The Hall–Kier alpha value is -0.590. The van der Waals surface area contributed by atoms with E-state index in [1.807, 2.05) is 0 Å². The molecule has 1 saturated heterocycles. The van der Waals surface area contributed by atoms with Gasteiger partial charge in [-0.25, -0.2) is 0 Å². The molecule has 2 atom stereocenters. The van der Waals surface area contributed by atoms with Crippen molar-refractivity contribution in [2.75, 3.05) is 19.6 Å². The summed E-state index contributed by atoms with van der Waals surface area (Å²) in [6.07, 6.45) is 3.79. The standard InChI is InChI=1S/C11H20N2O/c1-3-13(8-4-7-12)9-11-6-5-10(2)14-11/h10-11H,3-6,8-9H2,1-2H3. The molecule has 0 aliphatic carbocycles. The van der Waals surface area contributed by atoms with E-state index >= 15 is 0 Å². The van der Waals surface area contributed by atoms with E-state index in [2.05, 4.69) is 24.8 Å². The molecule has 1 aliphatic heterocycles. The molecule has 0 aromatic heterocycles. The maximum Gasteiger partial charge on any atom is 0.0706 e. The molecule has 14 heavy (non-hydrogen) atoms. The Bertz CT molecular complexity index is 200. The van der Waals surface area contributed by atoms with E-state index in [9.17, 15) is 0 Å². The van der Waals surface area contributed by atoms with Gasteiger partial charge in [0.2, 0.25) is 0 Å². The second-order valence-corrected chi connectivity index (χ2v) is 3.95. The number of nitrogens with zero attached hydrogens (tertiary/aromatic N) is 2. The molecule has 0 saturated carbocycles. The summed E-state index contributed by atoms with van der Waals surface area (Å²) in [6.45, 7) is 7.14. The average molecular weight is 196 g/mol. The van der Waals surface area contributed by atoms with Crippen LogP contribution in [0.15, 0.2) is 0 Å². The van der Waals surface area contributed by atoms with Crippen LogP contribution in [0.1, 0.15) is 33.1 Å². The van der Waals surface area contributed by atoms with Crippen molar-refractivity contribution in [2.45, 2.75) is 45.3 Å². The minimum Gasteiger partial charge on any atom is -0.374 e. The Labute approximate surface area is 86.6 Å². The second-order valence-electron chi connectivity index (χ2n) is 3.95. The van der Waals surface area contributed by atoms with E-state index in [1.54, 1.807) is 0 Å². The lowest BCUT2D eigenvalue weighted by molar-refractivity contribution is 0.0329. The van der Waals surface area contributed by atoms with Crippen molar-refractivity contribution in [3.05, 3.63) is 0 Å². The van der Waals surface area contributed by atoms with Crippen LogP contribution in [0.25, 0.3) is 0 Å². The monoisotopic (exact) mass is 196 g/mol. The first-order chi connectivity index (χ1) is 6.76. The number of nitriles is 1. The molecule has 1 fully saturated rings. The molecule has 3 nitrogen and oxygen atoms in total. The Balaban J connectivity index is 2.23. The zero-order valence-electron chi connectivity index (χ0n) is 9.20. The first-order valence-corrected chi connectivity index (χ1v) is 5.51. The third kappa shape index (κ3) is 3.65. The van der Waals surface area contributed by atoms with E-state index < -0.39 is 0 Å². The van der Waals surface area contributed by atoms with Crippen molar-refractivity contribution < 1.29 is 4.74 Å². The minimum atomic E-state index is 0.392. The molecule has 1 aliphatic rings. The topological polar surface area (TPSA) is 36.3 Å². The van der Waals surface area contributed by atoms with Gasteiger partial charge in [-0.15, -0.1) is 0 Å². The van der Waals surface area contributed by atoms with Crippen molar-refractivity contribution in [3.63, 3.8) is 0 Å². The van der Waals surface area contributed by atoms with Crippen LogP contribution in [-0.2, 0) is 4.74 Å². The van der Waals surface area contributed by atoms with Gasteiger partial charge in [0.15, 0.2) is 0 Å². The lowest BCUT2D eigenvalue weighted by Crippen LogP contribution is -2.33. The van der Waals surface area contributed by atoms with Crippen LogP contribution in [0.5, 0.6) is 0 Å². The molecule has 0 spiro atoms. The highest BCUT2D eigenvalue weighted by atomic mass is 16.5. The summed E-state index contributed by atoms with van der Waals surface area (Å²) in [4.78, 5) is 2.30. The maximum absolute atomic E-state index is 8.51. The predicted octanol–water partition coefficient (Wildman–Crippen LogP) is 1.79. The summed E-state index contributed by atoms with van der Waals surface area (Å²) < 4.78 is 5.75. The van der Waals surface area contributed by atoms with Crippen LogP contribution in [0.4, 0.5) is 0 Å². The molecular formula is C11H20N2O. The molecule has 1 heterocycles. The Morgan fingerprint density at radius 1 is 1.50 bits per heavy atom. The van der Waals surface area contributed by atoms with E-state index in [4.69, 9.17) is 10.00 Å². The number of hydrogen-bond acceptors (Lipinski definition) is 3. The molecule has 0 aromatic carbocycles. The van der Waals surface area contributed by atoms with Gasteiger partial charge in [0.25, 0.3) is 0 Å². The summed E-state index contributed by atoms with van der Waals surface area (Å²) in [6, 6.07) is 2.18. The van der Waals surface area contributed by atoms with Crippen LogP contribution < -0.4 is 0 Å². The van der Waals surface area contributed by atoms with E-state index in [0.717, 1.165) is 19.6 Å². The van der Waals surface area contributed by atoms with Gasteiger partial charge in [0.1, 0.15) is 0 Å². The largest absolute Gasteiger partial charge is 0.374 e. The molecule has 0 N–H and O–H groups in total. The number of likely N-dealkylation sites (N-methyl/N-ethyl adjacent to an activating group) is 1. The highest BCUT2D eigenvalue weighted by Crippen LogP contribution is 2.19. The normalized spacial score (nSPS) is 26.7. The minimum absolute atomic E-state index is 0.392. The van der Waals surface area contributed by atoms with Gasteiger partial charge in [-0.05, 0) is 26.3 Å². The molecule has 0 aromatic rings. The Morgan fingerprint density at radius 2 is 2.29 bits per heavy atom. The van der Waals surface area contributed by atoms with Gasteiger partial charge < -0.3 is 9.64 Å². The molecule has 0 bridgehead atoms. The summed E-state index contributed by atoms with van der Waals surface area (Å²) >= 11 is 0. The average Bonchev–Trinajstić information content (AvgIpc) is 2.58. The van der Waals surface area contributed by atoms with Gasteiger partial charge in [-0.3, -0.25) is 0 Å². The Morgan fingerprint density at radius 3 is 2.79 bits per heavy atom. The third-order valence-electron chi connectivity index (χ3n) is 2.77. The quantitative estimate of drug-likeness (QED) is 0.672. The van der Waals surface area contributed by atoms with E-state index in [1.165, 1.54) is 12.8 Å². The third-order valence-corrected chi connectivity index (χ3v) is 2.77. The maximum atomic E-state index is 8.51. The smallest absolute Gasteiger partial charge is 0.0706 e. The van der Waals surface area contributed by atoms with Gasteiger partial charge in [0.05, 0.1) is 18.3 Å². The van der Waals surface area contributed by atoms with Crippen LogP contribution in [0.3, 0.4) is 0 Å². The highest BCUT2D eigenvalue weighted by Gasteiger charge is 2.23. The van der Waals surface area contributed by atoms with Crippen LogP contribution in [0, 0.1) is 11.3 Å². The van der Waals surface area contributed by atoms with Crippen molar-refractivity contribution in [1.29, 1.82) is 5.26 Å².